The van der Waals surface area contributed by atoms with Crippen LogP contribution in [0, 0.1) is 0 Å². The van der Waals surface area contributed by atoms with Crippen molar-refractivity contribution < 1.29 is 9.59 Å². The summed E-state index contributed by atoms with van der Waals surface area (Å²) in [6.45, 7) is 2.38. The van der Waals surface area contributed by atoms with Crippen molar-refractivity contribution in [2.75, 3.05) is 6.54 Å². The van der Waals surface area contributed by atoms with Gasteiger partial charge in [-0.3, -0.25) is 9.59 Å². The molecule has 0 fully saturated rings. The average molecular weight is 206 g/mol. The van der Waals surface area contributed by atoms with E-state index in [-0.39, 0.29) is 5.92 Å². The van der Waals surface area contributed by atoms with Crippen molar-refractivity contribution in [3.05, 3.63) is 35.9 Å². The van der Waals surface area contributed by atoms with Crippen LogP contribution in [0.4, 0.5) is 0 Å². The van der Waals surface area contributed by atoms with Gasteiger partial charge in [-0.25, -0.2) is 0 Å². The number of nitrogens with one attached hydrogen (secondary N) is 1. The number of nitrogens with two attached hydrogens (primary N) is 1. The number of hydrogen-bond acceptors (Lipinski definition) is 2. The third-order valence-corrected chi connectivity index (χ3v) is 2.16. The molecule has 0 aliphatic heterocycles. The van der Waals surface area contributed by atoms with E-state index < -0.39 is 11.8 Å². The number of primary amides is 1. The molecule has 3 N–H and O–H groups in total. The predicted octanol–water partition coefficient (Wildman–Crippen LogP) is 0.392. The molecule has 1 aromatic carbocycles. The average Bonchev–Trinajstić information content (AvgIpc) is 2.26. The predicted molar refractivity (Wildman–Crippen MR) is 57.1 cm³/mol. The molecule has 15 heavy (non-hydrogen) atoms. The highest BCUT2D eigenvalue weighted by Gasteiger charge is 2.10. The first-order chi connectivity index (χ1) is 7.11. The van der Waals surface area contributed by atoms with Crippen LogP contribution in [0.3, 0.4) is 0 Å². The summed E-state index contributed by atoms with van der Waals surface area (Å²) in [5.74, 6) is -1.53. The zero-order valence-electron chi connectivity index (χ0n) is 8.57. The topological polar surface area (TPSA) is 72.2 Å². The lowest BCUT2D eigenvalue weighted by Crippen LogP contribution is -2.37. The van der Waals surface area contributed by atoms with Crippen LogP contribution in [0.1, 0.15) is 18.4 Å². The van der Waals surface area contributed by atoms with Gasteiger partial charge in [0.05, 0.1) is 0 Å². The van der Waals surface area contributed by atoms with Gasteiger partial charge in [-0.15, -0.1) is 0 Å². The second-order valence-electron chi connectivity index (χ2n) is 3.39. The molecule has 1 atom stereocenters. The van der Waals surface area contributed by atoms with Crippen LogP contribution >= 0.6 is 0 Å². The molecule has 1 unspecified atom stereocenters. The summed E-state index contributed by atoms with van der Waals surface area (Å²) in [4.78, 5) is 21.4. The summed E-state index contributed by atoms with van der Waals surface area (Å²) in [7, 11) is 0. The van der Waals surface area contributed by atoms with E-state index in [1.807, 2.05) is 37.3 Å². The van der Waals surface area contributed by atoms with Crippen LogP contribution in [0.5, 0.6) is 0 Å². The number of hydrogen-bond donors (Lipinski definition) is 2. The smallest absolute Gasteiger partial charge is 0.309 e. The molecule has 1 rings (SSSR count). The molecule has 0 radical (unpaired) electrons. The fraction of sp³-hybridized carbons (Fsp3) is 0.273. The highest BCUT2D eigenvalue weighted by atomic mass is 16.2. The highest BCUT2D eigenvalue weighted by molar-refractivity contribution is 6.34. The van der Waals surface area contributed by atoms with Crippen LogP contribution in [0.25, 0.3) is 0 Å². The van der Waals surface area contributed by atoms with E-state index in [1.165, 1.54) is 0 Å². The zero-order valence-corrected chi connectivity index (χ0v) is 8.57. The van der Waals surface area contributed by atoms with Gasteiger partial charge in [0.2, 0.25) is 0 Å². The molecular formula is C11H14N2O2. The third kappa shape index (κ3) is 3.42. The number of amides is 2. The van der Waals surface area contributed by atoms with Crippen molar-refractivity contribution in [3.63, 3.8) is 0 Å². The highest BCUT2D eigenvalue weighted by Crippen LogP contribution is 2.12. The van der Waals surface area contributed by atoms with Gasteiger partial charge < -0.3 is 11.1 Å². The van der Waals surface area contributed by atoms with Crippen LogP contribution in [0.15, 0.2) is 30.3 Å². The summed E-state index contributed by atoms with van der Waals surface area (Å²) < 4.78 is 0. The molecule has 80 valence electrons. The van der Waals surface area contributed by atoms with Crippen LogP contribution in [0.2, 0.25) is 0 Å². The largest absolute Gasteiger partial charge is 0.361 e. The summed E-state index contributed by atoms with van der Waals surface area (Å²) in [6, 6.07) is 9.74. The van der Waals surface area contributed by atoms with Crippen molar-refractivity contribution >= 4 is 11.8 Å². The van der Waals surface area contributed by atoms with E-state index >= 15 is 0 Å². The van der Waals surface area contributed by atoms with E-state index in [0.29, 0.717) is 6.54 Å². The first-order valence-electron chi connectivity index (χ1n) is 4.74. The second kappa shape index (κ2) is 5.14. The van der Waals surface area contributed by atoms with Crippen molar-refractivity contribution in [2.45, 2.75) is 12.8 Å². The van der Waals surface area contributed by atoms with Gasteiger partial charge in [-0.05, 0) is 11.5 Å². The van der Waals surface area contributed by atoms with E-state index in [2.05, 4.69) is 5.32 Å². The first-order valence-corrected chi connectivity index (χ1v) is 4.74. The van der Waals surface area contributed by atoms with Gasteiger partial charge in [-0.1, -0.05) is 37.3 Å². The Bertz CT molecular complexity index is 349. The molecule has 0 spiro atoms. The van der Waals surface area contributed by atoms with Crippen LogP contribution in [-0.2, 0) is 9.59 Å². The zero-order chi connectivity index (χ0) is 11.3. The standard InChI is InChI=1S/C11H14N2O2/c1-8(7-13-11(15)10(12)14)9-5-3-2-4-6-9/h2-6,8H,7H2,1H3,(H2,12,14)(H,13,15). The van der Waals surface area contributed by atoms with Crippen molar-refractivity contribution in [2.24, 2.45) is 5.73 Å². The van der Waals surface area contributed by atoms with Gasteiger partial charge in [0.15, 0.2) is 0 Å². The first kappa shape index (κ1) is 11.2. The lowest BCUT2D eigenvalue weighted by Gasteiger charge is -2.11. The number of carbonyl (C=O) groups is 2. The SMILES string of the molecule is CC(CNC(=O)C(N)=O)c1ccccc1. The minimum atomic E-state index is -0.949. The van der Waals surface area contributed by atoms with Gasteiger partial charge in [0.1, 0.15) is 0 Å². The van der Waals surface area contributed by atoms with Crippen LogP contribution < -0.4 is 11.1 Å². The number of carbonyl (C=O) groups excluding carboxylic acids is 2. The fourth-order valence-electron chi connectivity index (χ4n) is 1.23. The molecule has 0 saturated heterocycles. The maximum atomic E-state index is 10.9. The Balaban J connectivity index is 2.47. The molecule has 0 aromatic heterocycles. The molecule has 0 saturated carbocycles. The molecule has 4 nitrogen and oxygen atoms in total. The van der Waals surface area contributed by atoms with E-state index in [1.54, 1.807) is 0 Å². The lowest BCUT2D eigenvalue weighted by atomic mass is 10.0. The Morgan fingerprint density at radius 3 is 2.47 bits per heavy atom. The number of benzene rings is 1. The van der Waals surface area contributed by atoms with E-state index in [4.69, 9.17) is 5.73 Å². The molecule has 0 bridgehead atoms. The van der Waals surface area contributed by atoms with Crippen molar-refractivity contribution in [3.8, 4) is 0 Å². The molecule has 0 aliphatic carbocycles. The Hall–Kier alpha value is -1.84. The molecular weight excluding hydrogens is 192 g/mol. The van der Waals surface area contributed by atoms with Gasteiger partial charge in [0, 0.05) is 6.54 Å². The van der Waals surface area contributed by atoms with Crippen LogP contribution in [-0.4, -0.2) is 18.4 Å². The third-order valence-electron chi connectivity index (χ3n) is 2.16. The monoisotopic (exact) mass is 206 g/mol. The van der Waals surface area contributed by atoms with E-state index in [9.17, 15) is 9.59 Å². The lowest BCUT2D eigenvalue weighted by molar-refractivity contribution is -0.137. The van der Waals surface area contributed by atoms with Crippen molar-refractivity contribution in [1.29, 1.82) is 0 Å². The summed E-state index contributed by atoms with van der Waals surface area (Å²) in [5, 5.41) is 2.47. The molecule has 0 aliphatic rings. The minimum Gasteiger partial charge on any atom is -0.361 e. The molecule has 2 amide bonds. The Morgan fingerprint density at radius 2 is 1.93 bits per heavy atom. The quantitative estimate of drug-likeness (QED) is 0.702. The Kier molecular flexibility index (Phi) is 3.85. The maximum Gasteiger partial charge on any atom is 0.309 e. The maximum absolute atomic E-state index is 10.9. The van der Waals surface area contributed by atoms with Gasteiger partial charge in [-0.2, -0.15) is 0 Å². The Labute approximate surface area is 88.5 Å². The normalized spacial score (nSPS) is 11.8. The van der Waals surface area contributed by atoms with Crippen molar-refractivity contribution in [1.82, 2.24) is 5.32 Å². The second-order valence-corrected chi connectivity index (χ2v) is 3.39. The molecule has 0 heterocycles. The summed E-state index contributed by atoms with van der Waals surface area (Å²) in [6.07, 6.45) is 0. The summed E-state index contributed by atoms with van der Waals surface area (Å²) >= 11 is 0. The fourth-order valence-corrected chi connectivity index (χ4v) is 1.23. The number of rotatable bonds is 3. The molecule has 4 heteroatoms. The summed E-state index contributed by atoms with van der Waals surface area (Å²) in [5.41, 5.74) is 5.92. The van der Waals surface area contributed by atoms with E-state index in [0.717, 1.165) is 5.56 Å². The molecule has 1 aromatic rings. The van der Waals surface area contributed by atoms with Gasteiger partial charge in [0.25, 0.3) is 0 Å². The van der Waals surface area contributed by atoms with Gasteiger partial charge >= 0.3 is 11.8 Å². The minimum absolute atomic E-state index is 0.162. The Morgan fingerprint density at radius 1 is 1.33 bits per heavy atom.